The Kier molecular flexibility index (Phi) is 5.45. The maximum atomic E-state index is 12.6. The molecule has 2 atom stereocenters. The molecular formula is C19H27N7O. The van der Waals surface area contributed by atoms with Crippen LogP contribution in [0.2, 0.25) is 0 Å². The highest BCUT2D eigenvalue weighted by molar-refractivity contribution is 5.76. The van der Waals surface area contributed by atoms with Gasteiger partial charge < -0.3 is 11.1 Å². The quantitative estimate of drug-likeness (QED) is 0.716. The molecule has 2 aliphatic rings. The molecular weight excluding hydrogens is 342 g/mol. The maximum absolute atomic E-state index is 12.6. The number of carbonyl (C=O) groups excluding carboxylic acids is 1. The van der Waals surface area contributed by atoms with Gasteiger partial charge in [0.2, 0.25) is 5.91 Å². The molecule has 2 aromatic rings. The molecule has 1 saturated heterocycles. The van der Waals surface area contributed by atoms with Crippen molar-refractivity contribution in [1.82, 2.24) is 30.0 Å². The SMILES string of the molecule is NC[C@H]1CC[C@@H](CC(=O)NCc2cccnc2-n2cncn2)N1CC1CC1. The summed E-state index contributed by atoms with van der Waals surface area (Å²) in [5, 5.41) is 7.18. The predicted molar refractivity (Wildman–Crippen MR) is 101 cm³/mol. The van der Waals surface area contributed by atoms with Crippen LogP contribution >= 0.6 is 0 Å². The first-order valence-electron chi connectivity index (χ1n) is 9.76. The van der Waals surface area contributed by atoms with Crippen molar-refractivity contribution in [3.63, 3.8) is 0 Å². The van der Waals surface area contributed by atoms with Gasteiger partial charge in [-0.05, 0) is 37.7 Å². The third-order valence-corrected chi connectivity index (χ3v) is 5.61. The van der Waals surface area contributed by atoms with Crippen LogP contribution in [0.5, 0.6) is 0 Å². The minimum atomic E-state index is 0.0758. The van der Waals surface area contributed by atoms with Gasteiger partial charge in [-0.1, -0.05) is 6.07 Å². The van der Waals surface area contributed by atoms with E-state index in [1.54, 1.807) is 17.2 Å². The fourth-order valence-electron chi connectivity index (χ4n) is 3.96. The van der Waals surface area contributed by atoms with E-state index in [1.165, 1.54) is 19.2 Å². The number of amides is 1. The molecule has 1 aliphatic carbocycles. The van der Waals surface area contributed by atoms with Gasteiger partial charge in [0.25, 0.3) is 0 Å². The third-order valence-electron chi connectivity index (χ3n) is 5.61. The maximum Gasteiger partial charge on any atom is 0.221 e. The van der Waals surface area contributed by atoms with Crippen LogP contribution in [-0.4, -0.2) is 55.7 Å². The van der Waals surface area contributed by atoms with E-state index in [9.17, 15) is 4.79 Å². The molecule has 0 aromatic carbocycles. The minimum absolute atomic E-state index is 0.0758. The van der Waals surface area contributed by atoms with Crippen LogP contribution in [0, 0.1) is 5.92 Å². The number of nitrogens with one attached hydrogen (secondary N) is 1. The van der Waals surface area contributed by atoms with Crippen molar-refractivity contribution >= 4 is 5.91 Å². The highest BCUT2D eigenvalue weighted by atomic mass is 16.1. The lowest BCUT2D eigenvalue weighted by molar-refractivity contribution is -0.122. The molecule has 0 unspecified atom stereocenters. The van der Waals surface area contributed by atoms with Crippen molar-refractivity contribution in [2.45, 2.75) is 50.7 Å². The third kappa shape index (κ3) is 4.33. The Morgan fingerprint density at radius 1 is 1.26 bits per heavy atom. The Morgan fingerprint density at radius 3 is 2.85 bits per heavy atom. The smallest absolute Gasteiger partial charge is 0.221 e. The van der Waals surface area contributed by atoms with E-state index in [4.69, 9.17) is 5.73 Å². The van der Waals surface area contributed by atoms with E-state index in [0.717, 1.165) is 30.9 Å². The van der Waals surface area contributed by atoms with Crippen LogP contribution < -0.4 is 11.1 Å². The van der Waals surface area contributed by atoms with Crippen molar-refractivity contribution in [3.05, 3.63) is 36.5 Å². The molecule has 144 valence electrons. The Balaban J connectivity index is 1.35. The van der Waals surface area contributed by atoms with E-state index < -0.39 is 0 Å². The van der Waals surface area contributed by atoms with Crippen molar-refractivity contribution in [3.8, 4) is 5.82 Å². The zero-order valence-corrected chi connectivity index (χ0v) is 15.5. The second kappa shape index (κ2) is 8.14. The number of hydrogen-bond donors (Lipinski definition) is 2. The summed E-state index contributed by atoms with van der Waals surface area (Å²) in [6.45, 7) is 2.21. The number of nitrogens with zero attached hydrogens (tertiary/aromatic N) is 5. The summed E-state index contributed by atoms with van der Waals surface area (Å²) < 4.78 is 1.61. The highest BCUT2D eigenvalue weighted by Gasteiger charge is 2.37. The predicted octanol–water partition coefficient (Wildman–Crippen LogP) is 0.870. The number of carbonyl (C=O) groups is 1. The molecule has 8 heteroatoms. The van der Waals surface area contributed by atoms with Gasteiger partial charge in [0.05, 0.1) is 0 Å². The summed E-state index contributed by atoms with van der Waals surface area (Å²) in [4.78, 5) is 23.4. The number of nitrogens with two attached hydrogens (primary N) is 1. The van der Waals surface area contributed by atoms with Crippen molar-refractivity contribution < 1.29 is 4.79 Å². The largest absolute Gasteiger partial charge is 0.352 e. The number of pyridine rings is 1. The van der Waals surface area contributed by atoms with E-state index in [1.807, 2.05) is 12.1 Å². The molecule has 4 rings (SSSR count). The normalized spacial score (nSPS) is 22.9. The Hall–Kier alpha value is -2.32. The first kappa shape index (κ1) is 18.1. The fourth-order valence-corrected chi connectivity index (χ4v) is 3.96. The Morgan fingerprint density at radius 2 is 2.11 bits per heavy atom. The van der Waals surface area contributed by atoms with E-state index >= 15 is 0 Å². The van der Waals surface area contributed by atoms with Crippen molar-refractivity contribution in [2.24, 2.45) is 11.7 Å². The summed E-state index contributed by atoms with van der Waals surface area (Å²) >= 11 is 0. The van der Waals surface area contributed by atoms with Crippen LogP contribution in [0.15, 0.2) is 31.0 Å². The first-order chi connectivity index (χ1) is 13.2. The van der Waals surface area contributed by atoms with E-state index in [0.29, 0.717) is 37.4 Å². The summed E-state index contributed by atoms with van der Waals surface area (Å²) in [6, 6.07) is 4.55. The van der Waals surface area contributed by atoms with Crippen molar-refractivity contribution in [1.29, 1.82) is 0 Å². The molecule has 3 N–H and O–H groups in total. The zero-order chi connectivity index (χ0) is 18.6. The van der Waals surface area contributed by atoms with Gasteiger partial charge in [0.15, 0.2) is 5.82 Å². The molecule has 2 aromatic heterocycles. The monoisotopic (exact) mass is 369 g/mol. The van der Waals surface area contributed by atoms with Crippen LogP contribution in [0.4, 0.5) is 0 Å². The minimum Gasteiger partial charge on any atom is -0.352 e. The molecule has 1 aliphatic heterocycles. The van der Waals surface area contributed by atoms with Crippen LogP contribution in [0.1, 0.15) is 37.7 Å². The van der Waals surface area contributed by atoms with E-state index in [-0.39, 0.29) is 5.91 Å². The Labute approximate surface area is 159 Å². The van der Waals surface area contributed by atoms with Gasteiger partial charge in [-0.2, -0.15) is 5.10 Å². The topological polar surface area (TPSA) is 102 Å². The molecule has 3 heterocycles. The second-order valence-electron chi connectivity index (χ2n) is 7.57. The molecule has 2 fully saturated rings. The molecule has 0 bridgehead atoms. The average molecular weight is 369 g/mol. The van der Waals surface area contributed by atoms with Crippen LogP contribution in [0.25, 0.3) is 5.82 Å². The summed E-state index contributed by atoms with van der Waals surface area (Å²) in [5.74, 6) is 1.57. The zero-order valence-electron chi connectivity index (χ0n) is 15.5. The van der Waals surface area contributed by atoms with E-state index in [2.05, 4.69) is 25.3 Å². The lowest BCUT2D eigenvalue weighted by Gasteiger charge is -2.29. The molecule has 0 radical (unpaired) electrons. The summed E-state index contributed by atoms with van der Waals surface area (Å²) in [7, 11) is 0. The standard InChI is InChI=1S/C19H27N7O/c20-9-17-6-5-16(25(17)11-14-3-4-14)8-18(27)23-10-15-2-1-7-22-19(15)26-13-21-12-24-26/h1-2,7,12-14,16-17H,3-6,8-11,20H2,(H,23,27)/t16-,17+/m0/s1. The van der Waals surface area contributed by atoms with Gasteiger partial charge in [-0.25, -0.2) is 14.6 Å². The molecule has 1 saturated carbocycles. The number of rotatable bonds is 8. The molecule has 0 spiro atoms. The first-order valence-corrected chi connectivity index (χ1v) is 9.76. The molecule has 8 nitrogen and oxygen atoms in total. The average Bonchev–Trinajstić information content (AvgIpc) is 3.19. The fraction of sp³-hybridized carbons (Fsp3) is 0.579. The Bertz CT molecular complexity index is 759. The van der Waals surface area contributed by atoms with Gasteiger partial charge in [0.1, 0.15) is 12.7 Å². The molecule has 1 amide bonds. The second-order valence-corrected chi connectivity index (χ2v) is 7.57. The number of aromatic nitrogens is 4. The van der Waals surface area contributed by atoms with Gasteiger partial charge in [-0.3, -0.25) is 9.69 Å². The number of hydrogen-bond acceptors (Lipinski definition) is 6. The van der Waals surface area contributed by atoms with Gasteiger partial charge in [-0.15, -0.1) is 0 Å². The molecule has 27 heavy (non-hydrogen) atoms. The lowest BCUT2D eigenvalue weighted by Crippen LogP contribution is -2.43. The highest BCUT2D eigenvalue weighted by Crippen LogP contribution is 2.35. The number of likely N-dealkylation sites (tertiary alicyclic amines) is 1. The van der Waals surface area contributed by atoms with Gasteiger partial charge in [0, 0.05) is 49.9 Å². The van der Waals surface area contributed by atoms with Crippen LogP contribution in [0.3, 0.4) is 0 Å². The van der Waals surface area contributed by atoms with Crippen LogP contribution in [-0.2, 0) is 11.3 Å². The summed E-state index contributed by atoms with van der Waals surface area (Å²) in [5.41, 5.74) is 6.86. The van der Waals surface area contributed by atoms with Gasteiger partial charge >= 0.3 is 0 Å². The summed E-state index contributed by atoms with van der Waals surface area (Å²) in [6.07, 6.45) is 10.1. The van der Waals surface area contributed by atoms with Crippen molar-refractivity contribution in [2.75, 3.05) is 13.1 Å². The lowest BCUT2D eigenvalue weighted by atomic mass is 10.1.